The summed E-state index contributed by atoms with van der Waals surface area (Å²) in [6, 6.07) is 7.04. The summed E-state index contributed by atoms with van der Waals surface area (Å²) in [6.45, 7) is 2.09. The number of benzene rings is 1. The average Bonchev–Trinajstić information content (AvgIpc) is 3.15. The Morgan fingerprint density at radius 3 is 2.74 bits per heavy atom. The maximum atomic E-state index is 13.0. The first-order valence-electron chi connectivity index (χ1n) is 9.48. The molecule has 2 N–H and O–H groups in total. The zero-order chi connectivity index (χ0) is 18.6. The van der Waals surface area contributed by atoms with Gasteiger partial charge in [0, 0.05) is 6.04 Å². The molecule has 142 valence electrons. The number of nitrogens with one attached hydrogen (secondary N) is 2. The molecule has 7 heteroatoms. The Balaban J connectivity index is 1.26. The van der Waals surface area contributed by atoms with Crippen LogP contribution >= 0.6 is 0 Å². The molecule has 2 aromatic heterocycles. The lowest BCUT2D eigenvalue weighted by Gasteiger charge is -2.31. The number of H-pyrrole nitrogens is 1. The van der Waals surface area contributed by atoms with Crippen molar-refractivity contribution in [1.29, 1.82) is 0 Å². The summed E-state index contributed by atoms with van der Waals surface area (Å²) in [5.41, 5.74) is 1.85. The summed E-state index contributed by atoms with van der Waals surface area (Å²) >= 11 is 0. The Kier molecular flexibility index (Phi) is 5.29. The van der Waals surface area contributed by atoms with E-state index in [2.05, 4.69) is 32.4 Å². The third-order valence-electron chi connectivity index (χ3n) is 5.12. The molecule has 1 aliphatic carbocycles. The third-order valence-corrected chi connectivity index (χ3v) is 5.12. The molecular weight excluding hydrogens is 345 g/mol. The highest BCUT2D eigenvalue weighted by Crippen LogP contribution is 2.27. The molecule has 2 heterocycles. The fourth-order valence-corrected chi connectivity index (χ4v) is 3.75. The largest absolute Gasteiger partial charge is 0.375 e. The Hall–Kier alpha value is -2.54. The van der Waals surface area contributed by atoms with Gasteiger partial charge in [0.15, 0.2) is 5.65 Å². The van der Waals surface area contributed by atoms with Gasteiger partial charge >= 0.3 is 0 Å². The van der Waals surface area contributed by atoms with Gasteiger partial charge in [0.25, 0.3) is 0 Å². The first kappa shape index (κ1) is 17.9. The quantitative estimate of drug-likeness (QED) is 0.690. The molecule has 4 rings (SSSR count). The van der Waals surface area contributed by atoms with Crippen LogP contribution in [0.15, 0.2) is 36.8 Å². The van der Waals surface area contributed by atoms with Gasteiger partial charge in [0.2, 0.25) is 0 Å². The Bertz CT molecular complexity index is 873. The van der Waals surface area contributed by atoms with Gasteiger partial charge in [-0.05, 0) is 56.7 Å². The molecule has 27 heavy (non-hydrogen) atoms. The van der Waals surface area contributed by atoms with Gasteiger partial charge in [-0.2, -0.15) is 5.10 Å². The molecule has 6 nitrogen and oxygen atoms in total. The molecule has 1 saturated carbocycles. The summed E-state index contributed by atoms with van der Waals surface area (Å²) < 4.78 is 19.2. The van der Waals surface area contributed by atoms with Crippen LogP contribution in [0.25, 0.3) is 11.0 Å². The second-order valence-electron chi connectivity index (χ2n) is 7.25. The van der Waals surface area contributed by atoms with Crippen LogP contribution in [0.3, 0.4) is 0 Å². The van der Waals surface area contributed by atoms with Crippen LogP contribution in [0, 0.1) is 5.82 Å². The highest BCUT2D eigenvalue weighted by atomic mass is 19.1. The molecule has 0 aliphatic heterocycles. The van der Waals surface area contributed by atoms with E-state index in [0.717, 1.165) is 54.5 Å². The molecule has 1 fully saturated rings. The van der Waals surface area contributed by atoms with Crippen molar-refractivity contribution in [2.24, 2.45) is 0 Å². The van der Waals surface area contributed by atoms with Crippen molar-refractivity contribution in [3.05, 3.63) is 48.2 Å². The van der Waals surface area contributed by atoms with Crippen LogP contribution in [-0.2, 0) is 11.2 Å². The van der Waals surface area contributed by atoms with Crippen LogP contribution in [0.2, 0.25) is 0 Å². The number of nitrogens with zero attached hydrogens (tertiary/aromatic N) is 3. The molecule has 3 aromatic rings. The molecule has 1 aliphatic rings. The summed E-state index contributed by atoms with van der Waals surface area (Å²) in [5, 5.41) is 11.3. The van der Waals surface area contributed by atoms with Crippen molar-refractivity contribution in [3.63, 3.8) is 0 Å². The molecule has 0 spiro atoms. The maximum Gasteiger partial charge on any atom is 0.160 e. The van der Waals surface area contributed by atoms with Crippen LogP contribution < -0.4 is 5.32 Å². The Morgan fingerprint density at radius 2 is 1.96 bits per heavy atom. The van der Waals surface area contributed by atoms with Crippen molar-refractivity contribution in [2.45, 2.75) is 57.3 Å². The topological polar surface area (TPSA) is 75.7 Å². The van der Waals surface area contributed by atoms with Crippen molar-refractivity contribution in [1.82, 2.24) is 20.2 Å². The molecule has 0 radical (unpaired) electrons. The fourth-order valence-electron chi connectivity index (χ4n) is 3.75. The third kappa shape index (κ3) is 4.42. The van der Waals surface area contributed by atoms with Crippen molar-refractivity contribution >= 4 is 16.9 Å². The number of hydrogen-bond acceptors (Lipinski definition) is 5. The predicted octanol–water partition coefficient (Wildman–Crippen LogP) is 3.86. The number of hydrogen-bond donors (Lipinski definition) is 2. The van der Waals surface area contributed by atoms with Gasteiger partial charge in [-0.3, -0.25) is 5.10 Å². The lowest BCUT2D eigenvalue weighted by molar-refractivity contribution is -0.0216. The van der Waals surface area contributed by atoms with Gasteiger partial charge in [-0.1, -0.05) is 12.1 Å². The normalized spacial score (nSPS) is 21.3. The van der Waals surface area contributed by atoms with E-state index in [9.17, 15) is 4.39 Å². The summed E-state index contributed by atoms with van der Waals surface area (Å²) in [6.07, 6.45) is 8.62. The summed E-state index contributed by atoms with van der Waals surface area (Å²) in [5.74, 6) is 0.636. The highest BCUT2D eigenvalue weighted by Gasteiger charge is 2.24. The standard InChI is InChI=1S/C20H24FN5O/c1-13(10-14-2-4-15(21)5-3-14)27-17-8-6-16(7-9-17)25-19-18-11-24-26-20(18)23-12-22-19/h2-5,11-13,16-17H,6-10H2,1H3,(H2,22,23,24,25,26). The molecule has 0 bridgehead atoms. The van der Waals surface area contributed by atoms with Gasteiger partial charge in [-0.15, -0.1) is 0 Å². The van der Waals surface area contributed by atoms with Crippen molar-refractivity contribution in [3.8, 4) is 0 Å². The minimum atomic E-state index is -0.200. The first-order chi connectivity index (χ1) is 13.2. The van der Waals surface area contributed by atoms with E-state index in [0.29, 0.717) is 6.04 Å². The molecular formula is C20H24FN5O. The first-order valence-corrected chi connectivity index (χ1v) is 9.48. The van der Waals surface area contributed by atoms with Gasteiger partial charge in [0.1, 0.15) is 18.0 Å². The number of rotatable bonds is 6. The molecule has 0 amide bonds. The fraction of sp³-hybridized carbons (Fsp3) is 0.450. The molecule has 1 atom stereocenters. The summed E-state index contributed by atoms with van der Waals surface area (Å²) in [4.78, 5) is 8.52. The van der Waals surface area contributed by atoms with E-state index >= 15 is 0 Å². The van der Waals surface area contributed by atoms with Crippen LogP contribution in [0.5, 0.6) is 0 Å². The minimum absolute atomic E-state index is 0.123. The van der Waals surface area contributed by atoms with E-state index in [1.807, 2.05) is 12.1 Å². The van der Waals surface area contributed by atoms with Crippen LogP contribution in [0.1, 0.15) is 38.2 Å². The number of halogens is 1. The molecule has 1 unspecified atom stereocenters. The van der Waals surface area contributed by atoms with Gasteiger partial charge in [-0.25, -0.2) is 14.4 Å². The molecule has 1 aromatic carbocycles. The lowest BCUT2D eigenvalue weighted by atomic mass is 9.92. The Labute approximate surface area is 157 Å². The number of aromatic amines is 1. The van der Waals surface area contributed by atoms with E-state index in [4.69, 9.17) is 4.74 Å². The maximum absolute atomic E-state index is 13.0. The second-order valence-corrected chi connectivity index (χ2v) is 7.25. The zero-order valence-electron chi connectivity index (χ0n) is 15.4. The van der Waals surface area contributed by atoms with E-state index in [1.165, 1.54) is 12.1 Å². The van der Waals surface area contributed by atoms with Gasteiger partial charge < -0.3 is 10.1 Å². The van der Waals surface area contributed by atoms with Gasteiger partial charge in [0.05, 0.1) is 23.8 Å². The van der Waals surface area contributed by atoms with E-state index in [-0.39, 0.29) is 18.0 Å². The minimum Gasteiger partial charge on any atom is -0.375 e. The number of fused-ring (bicyclic) bond motifs is 1. The highest BCUT2D eigenvalue weighted by molar-refractivity contribution is 5.85. The zero-order valence-corrected chi connectivity index (χ0v) is 15.4. The smallest absolute Gasteiger partial charge is 0.160 e. The van der Waals surface area contributed by atoms with E-state index in [1.54, 1.807) is 12.5 Å². The molecule has 0 saturated heterocycles. The van der Waals surface area contributed by atoms with E-state index < -0.39 is 0 Å². The van der Waals surface area contributed by atoms with Crippen molar-refractivity contribution < 1.29 is 9.13 Å². The average molecular weight is 369 g/mol. The lowest BCUT2D eigenvalue weighted by Crippen LogP contribution is -2.32. The van der Waals surface area contributed by atoms with Crippen LogP contribution in [-0.4, -0.2) is 38.4 Å². The number of ether oxygens (including phenoxy) is 1. The number of anilines is 1. The second kappa shape index (κ2) is 8.00. The Morgan fingerprint density at radius 1 is 1.19 bits per heavy atom. The van der Waals surface area contributed by atoms with Crippen LogP contribution in [0.4, 0.5) is 10.2 Å². The SMILES string of the molecule is CC(Cc1ccc(F)cc1)OC1CCC(Nc2ncnc3[nH]ncc23)CC1. The summed E-state index contributed by atoms with van der Waals surface area (Å²) in [7, 11) is 0. The number of aromatic nitrogens is 4. The monoisotopic (exact) mass is 369 g/mol. The van der Waals surface area contributed by atoms with Crippen molar-refractivity contribution in [2.75, 3.05) is 5.32 Å². The predicted molar refractivity (Wildman–Crippen MR) is 102 cm³/mol.